The van der Waals surface area contributed by atoms with E-state index in [1.54, 1.807) is 12.3 Å². The smallest absolute Gasteiger partial charge is 0.213 e. The van der Waals surface area contributed by atoms with Crippen molar-refractivity contribution in [3.8, 4) is 34.1 Å². The summed E-state index contributed by atoms with van der Waals surface area (Å²) < 4.78 is 54.7. The summed E-state index contributed by atoms with van der Waals surface area (Å²) in [6.07, 6.45) is 17.4. The standard InChI is InChI=1S/C33H44F3N3O2/c1-3-5-7-9-11-13-15-27(34)24-41-29-18-17-28(31(35)32(29)36)33-38-22-26(23-39-33)25-16-19-30(37-21-25)40-20-14-12-10-8-6-4-2/h16-19,21-23,27H,3-15,20,24H2,1-2H3. The zero-order valence-electron chi connectivity index (χ0n) is 24.5. The van der Waals surface area contributed by atoms with Gasteiger partial charge in [-0.15, -0.1) is 0 Å². The molecular formula is C33H44F3N3O2. The van der Waals surface area contributed by atoms with E-state index in [0.29, 0.717) is 24.5 Å². The van der Waals surface area contributed by atoms with Gasteiger partial charge in [0.25, 0.3) is 0 Å². The minimum absolute atomic E-state index is 0.0370. The fourth-order valence-corrected chi connectivity index (χ4v) is 4.54. The number of halogens is 3. The van der Waals surface area contributed by atoms with Crippen molar-refractivity contribution in [1.29, 1.82) is 0 Å². The van der Waals surface area contributed by atoms with E-state index in [4.69, 9.17) is 9.47 Å². The molecule has 0 amide bonds. The van der Waals surface area contributed by atoms with Crippen LogP contribution in [0.25, 0.3) is 22.5 Å². The van der Waals surface area contributed by atoms with Gasteiger partial charge in [-0.2, -0.15) is 4.39 Å². The van der Waals surface area contributed by atoms with Gasteiger partial charge in [0.1, 0.15) is 12.8 Å². The molecule has 3 aromatic rings. The summed E-state index contributed by atoms with van der Waals surface area (Å²) in [4.78, 5) is 12.8. The predicted octanol–water partition coefficient (Wildman–Crippen LogP) is 9.69. The number of ether oxygens (including phenoxy) is 2. The van der Waals surface area contributed by atoms with Gasteiger partial charge in [-0.05, 0) is 31.0 Å². The van der Waals surface area contributed by atoms with E-state index in [1.165, 1.54) is 63.1 Å². The van der Waals surface area contributed by atoms with Crippen LogP contribution in [-0.2, 0) is 0 Å². The van der Waals surface area contributed by atoms with Crippen molar-refractivity contribution >= 4 is 0 Å². The number of nitrogens with zero attached hydrogens (tertiary/aromatic N) is 3. The SMILES string of the molecule is CCCCCCCCOc1ccc(-c2cnc(-c3ccc(OCC(F)CCCCCCCC)c(F)c3F)nc2)cn1. The highest BCUT2D eigenvalue weighted by atomic mass is 19.2. The maximum absolute atomic E-state index is 14.8. The highest BCUT2D eigenvalue weighted by molar-refractivity contribution is 5.64. The molecule has 0 aliphatic rings. The molecule has 0 bridgehead atoms. The number of alkyl halides is 1. The van der Waals surface area contributed by atoms with Crippen molar-refractivity contribution in [1.82, 2.24) is 15.0 Å². The first-order chi connectivity index (χ1) is 20.0. The lowest BCUT2D eigenvalue weighted by molar-refractivity contribution is 0.177. The first kappa shape index (κ1) is 32.4. The van der Waals surface area contributed by atoms with E-state index >= 15 is 0 Å². The molecule has 8 heteroatoms. The van der Waals surface area contributed by atoms with Crippen LogP contribution in [0, 0.1) is 11.6 Å². The van der Waals surface area contributed by atoms with E-state index in [1.807, 2.05) is 6.07 Å². The summed E-state index contributed by atoms with van der Waals surface area (Å²) in [7, 11) is 0. The third-order valence-corrected chi connectivity index (χ3v) is 7.05. The molecule has 0 radical (unpaired) electrons. The minimum atomic E-state index is -1.23. The van der Waals surface area contributed by atoms with Gasteiger partial charge in [0, 0.05) is 35.8 Å². The zero-order chi connectivity index (χ0) is 29.3. The lowest BCUT2D eigenvalue weighted by atomic mass is 10.1. The fourth-order valence-electron chi connectivity index (χ4n) is 4.54. The van der Waals surface area contributed by atoms with Crippen molar-refractivity contribution in [3.05, 3.63) is 54.5 Å². The fraction of sp³-hybridized carbons (Fsp3) is 0.545. The van der Waals surface area contributed by atoms with Crippen molar-refractivity contribution in [2.24, 2.45) is 0 Å². The summed E-state index contributed by atoms with van der Waals surface area (Å²) in [6.45, 7) is 4.68. The summed E-state index contributed by atoms with van der Waals surface area (Å²) in [5, 5.41) is 0. The number of aromatic nitrogens is 3. The number of hydrogen-bond acceptors (Lipinski definition) is 5. The third-order valence-electron chi connectivity index (χ3n) is 7.05. The Labute approximate surface area is 242 Å². The molecular weight excluding hydrogens is 527 g/mol. The van der Waals surface area contributed by atoms with Gasteiger partial charge in [0.15, 0.2) is 17.4 Å². The monoisotopic (exact) mass is 571 g/mol. The van der Waals surface area contributed by atoms with Crippen molar-refractivity contribution in [3.63, 3.8) is 0 Å². The van der Waals surface area contributed by atoms with Crippen LogP contribution < -0.4 is 9.47 Å². The lowest BCUT2D eigenvalue weighted by Gasteiger charge is -2.12. The predicted molar refractivity (Wildman–Crippen MR) is 158 cm³/mol. The Hall–Kier alpha value is -3.16. The zero-order valence-corrected chi connectivity index (χ0v) is 24.5. The maximum atomic E-state index is 14.8. The van der Waals surface area contributed by atoms with E-state index in [9.17, 15) is 13.2 Å². The summed E-state index contributed by atoms with van der Waals surface area (Å²) >= 11 is 0. The molecule has 1 atom stereocenters. The topological polar surface area (TPSA) is 57.1 Å². The molecule has 0 aliphatic heterocycles. The Morgan fingerprint density at radius 2 is 1.29 bits per heavy atom. The summed E-state index contributed by atoms with van der Waals surface area (Å²) in [5.74, 6) is -2.03. The van der Waals surface area contributed by atoms with Gasteiger partial charge < -0.3 is 9.47 Å². The quantitative estimate of drug-likeness (QED) is 0.126. The molecule has 0 saturated carbocycles. The average molecular weight is 572 g/mol. The van der Waals surface area contributed by atoms with E-state index in [2.05, 4.69) is 28.8 Å². The van der Waals surface area contributed by atoms with Crippen molar-refractivity contribution in [2.45, 2.75) is 103 Å². The van der Waals surface area contributed by atoms with Crippen LogP contribution in [0.15, 0.2) is 42.9 Å². The second-order valence-corrected chi connectivity index (χ2v) is 10.5. The van der Waals surface area contributed by atoms with Crippen LogP contribution in [0.5, 0.6) is 11.6 Å². The van der Waals surface area contributed by atoms with Gasteiger partial charge in [-0.3, -0.25) is 0 Å². The molecule has 5 nitrogen and oxygen atoms in total. The number of unbranched alkanes of at least 4 members (excludes halogenated alkanes) is 10. The Morgan fingerprint density at radius 1 is 0.659 bits per heavy atom. The van der Waals surface area contributed by atoms with Crippen LogP contribution in [0.1, 0.15) is 97.3 Å². The number of rotatable bonds is 20. The van der Waals surface area contributed by atoms with Gasteiger partial charge >= 0.3 is 0 Å². The minimum Gasteiger partial charge on any atom is -0.487 e. The Morgan fingerprint density at radius 3 is 1.95 bits per heavy atom. The Kier molecular flexibility index (Phi) is 14.4. The molecule has 1 unspecified atom stereocenters. The molecule has 3 rings (SSSR count). The van der Waals surface area contributed by atoms with Crippen LogP contribution in [0.4, 0.5) is 13.2 Å². The highest BCUT2D eigenvalue weighted by Crippen LogP contribution is 2.29. The lowest BCUT2D eigenvalue weighted by Crippen LogP contribution is -2.14. The first-order valence-corrected chi connectivity index (χ1v) is 15.2. The highest BCUT2D eigenvalue weighted by Gasteiger charge is 2.19. The average Bonchev–Trinajstić information content (AvgIpc) is 2.99. The molecule has 224 valence electrons. The Bertz CT molecular complexity index is 1140. The summed E-state index contributed by atoms with van der Waals surface area (Å²) in [5.41, 5.74) is 1.37. The molecule has 2 aromatic heterocycles. The molecule has 0 spiro atoms. The van der Waals surface area contributed by atoms with Crippen LogP contribution in [-0.4, -0.2) is 34.3 Å². The van der Waals surface area contributed by atoms with Crippen molar-refractivity contribution < 1.29 is 22.6 Å². The van der Waals surface area contributed by atoms with Crippen molar-refractivity contribution in [2.75, 3.05) is 13.2 Å². The van der Waals surface area contributed by atoms with Gasteiger partial charge in [-0.25, -0.2) is 23.7 Å². The van der Waals surface area contributed by atoms with Crippen LogP contribution in [0.2, 0.25) is 0 Å². The van der Waals surface area contributed by atoms with E-state index in [0.717, 1.165) is 44.1 Å². The molecule has 2 heterocycles. The molecule has 0 fully saturated rings. The molecule has 41 heavy (non-hydrogen) atoms. The van der Waals surface area contributed by atoms with E-state index < -0.39 is 17.8 Å². The maximum Gasteiger partial charge on any atom is 0.213 e. The molecule has 1 aromatic carbocycles. The number of hydrogen-bond donors (Lipinski definition) is 0. The van der Waals surface area contributed by atoms with Crippen LogP contribution >= 0.6 is 0 Å². The third kappa shape index (κ3) is 11.0. The Balaban J connectivity index is 1.49. The largest absolute Gasteiger partial charge is 0.487 e. The number of benzene rings is 1. The second kappa shape index (κ2) is 18.3. The normalized spacial score (nSPS) is 11.9. The second-order valence-electron chi connectivity index (χ2n) is 10.5. The first-order valence-electron chi connectivity index (χ1n) is 15.2. The number of pyridine rings is 1. The molecule has 0 aliphatic carbocycles. The molecule has 0 N–H and O–H groups in total. The van der Waals surface area contributed by atoms with E-state index in [-0.39, 0.29) is 23.7 Å². The summed E-state index contributed by atoms with van der Waals surface area (Å²) in [6, 6.07) is 6.29. The van der Waals surface area contributed by atoms with Gasteiger partial charge in [0.2, 0.25) is 11.7 Å². The van der Waals surface area contributed by atoms with Gasteiger partial charge in [0.05, 0.1) is 12.2 Å². The van der Waals surface area contributed by atoms with Gasteiger partial charge in [-0.1, -0.05) is 84.5 Å². The van der Waals surface area contributed by atoms with Crippen LogP contribution in [0.3, 0.4) is 0 Å². The molecule has 0 saturated heterocycles.